The third-order valence-electron chi connectivity index (χ3n) is 0.512. The van der Waals surface area contributed by atoms with Crippen molar-refractivity contribution in [1.29, 1.82) is 0 Å². The molecule has 0 heterocycles. The summed E-state index contributed by atoms with van der Waals surface area (Å²) < 4.78 is 0. The fourth-order valence-corrected chi connectivity index (χ4v) is 0.158. The summed E-state index contributed by atoms with van der Waals surface area (Å²) in [4.78, 5) is 0. The van der Waals surface area contributed by atoms with E-state index < -0.39 is 0 Å². The Balaban J connectivity index is -0.00000000800. The molecule has 0 saturated carbocycles. The molecule has 0 radical (unpaired) electrons. The maximum absolute atomic E-state index is 8.07. The number of hydrogen-bond donors (Lipinski definition) is 1. The van der Waals surface area contributed by atoms with Crippen LogP contribution in [0.3, 0.4) is 0 Å². The average molecular weight is 221 g/mol. The molecule has 0 aromatic heterocycles. The summed E-state index contributed by atoms with van der Waals surface area (Å²) in [6.45, 7) is 2.40. The van der Waals surface area contributed by atoms with Crippen molar-refractivity contribution < 1.29 is 65.0 Å². The Morgan fingerprint density at radius 3 is 1.40 bits per heavy atom. The predicted molar refractivity (Wildman–Crippen MR) is 27.8 cm³/mol. The van der Waals surface area contributed by atoms with Gasteiger partial charge in [0.1, 0.15) is 0 Å². The second-order valence-electron chi connectivity index (χ2n) is 1.08. The molecular formula is C4H13O4Ti2-. The maximum atomic E-state index is 8.07. The summed E-state index contributed by atoms with van der Waals surface area (Å²) in [5, 5.41) is 8.07. The Bertz CT molecular complexity index is 22.7. The fourth-order valence-electron chi connectivity index (χ4n) is 0.158. The van der Waals surface area contributed by atoms with E-state index in [4.69, 9.17) is 5.11 Å². The summed E-state index contributed by atoms with van der Waals surface area (Å²) >= 11 is 0. The van der Waals surface area contributed by atoms with Gasteiger partial charge in [-0.1, -0.05) is 13.3 Å². The van der Waals surface area contributed by atoms with Gasteiger partial charge in [-0.15, -0.1) is 0 Å². The van der Waals surface area contributed by atoms with E-state index in [9.17, 15) is 0 Å². The Labute approximate surface area is 91.1 Å². The van der Waals surface area contributed by atoms with Crippen molar-refractivity contribution in [3.63, 3.8) is 0 Å². The average Bonchev–Trinajstić information content (AvgIpc) is 1.41. The van der Waals surface area contributed by atoms with Crippen molar-refractivity contribution in [2.75, 3.05) is 6.61 Å². The zero-order chi connectivity index (χ0) is 4.12. The van der Waals surface area contributed by atoms with Crippen LogP contribution in [0.2, 0.25) is 0 Å². The summed E-state index contributed by atoms with van der Waals surface area (Å²) in [5.74, 6) is 0. The first kappa shape index (κ1) is 42.8. The summed E-state index contributed by atoms with van der Waals surface area (Å²) in [6.07, 6.45) is 2.04. The molecule has 0 amide bonds. The molecule has 0 saturated heterocycles. The third kappa shape index (κ3) is 59.3. The van der Waals surface area contributed by atoms with E-state index in [0.29, 0.717) is 6.61 Å². The van der Waals surface area contributed by atoms with Gasteiger partial charge in [0, 0.05) is 28.3 Å². The van der Waals surface area contributed by atoms with Gasteiger partial charge in [0.2, 0.25) is 0 Å². The normalized spacial score (nSPS) is 4.20. The number of unbranched alkanes of at least 4 members (excludes halogenated alkanes) is 1. The van der Waals surface area contributed by atoms with Gasteiger partial charge in [-0.3, -0.25) is 0 Å². The van der Waals surface area contributed by atoms with Crippen molar-refractivity contribution in [2.24, 2.45) is 0 Å². The van der Waals surface area contributed by atoms with E-state index in [0.717, 1.165) is 12.8 Å². The summed E-state index contributed by atoms with van der Waals surface area (Å²) in [6, 6.07) is 0. The van der Waals surface area contributed by atoms with Crippen LogP contribution >= 0.6 is 0 Å². The Hall–Kier alpha value is 1.27. The van der Waals surface area contributed by atoms with Crippen molar-refractivity contribution in [3.05, 3.63) is 0 Å². The predicted octanol–water partition coefficient (Wildman–Crippen LogP) is 0.243. The minimum atomic E-state index is 0. The minimum absolute atomic E-state index is 0. The smallest absolute Gasteiger partial charge is 0.870 e. The molecule has 0 aliphatic heterocycles. The van der Waals surface area contributed by atoms with Gasteiger partial charge in [0.25, 0.3) is 0 Å². The Kier molecular flexibility index (Phi) is 207. The number of rotatable bonds is 2. The first-order valence-corrected chi connectivity index (χ1v) is 2.02. The van der Waals surface area contributed by atoms with Gasteiger partial charge in [0.05, 0.1) is 0 Å². The minimum Gasteiger partial charge on any atom is -0.870 e. The van der Waals surface area contributed by atoms with Crippen LogP contribution in [0.1, 0.15) is 19.8 Å². The maximum Gasteiger partial charge on any atom is 2.00 e. The van der Waals surface area contributed by atoms with Gasteiger partial charge >= 0.3 is 21.7 Å². The van der Waals surface area contributed by atoms with Gasteiger partial charge in [-0.05, 0) is 6.42 Å². The quantitative estimate of drug-likeness (QED) is 0.673. The SMILES string of the molecule is CCCCO.[OH-].[OH-].[OH-].[Ti+2].[Ti]. The van der Waals surface area contributed by atoms with Gasteiger partial charge < -0.3 is 21.5 Å². The van der Waals surface area contributed by atoms with E-state index >= 15 is 0 Å². The third-order valence-corrected chi connectivity index (χ3v) is 0.512. The number of hydrogen-bond acceptors (Lipinski definition) is 4. The monoisotopic (exact) mass is 221 g/mol. The number of aliphatic hydroxyl groups is 1. The molecule has 0 aromatic carbocycles. The van der Waals surface area contributed by atoms with Crippen molar-refractivity contribution in [3.8, 4) is 0 Å². The fraction of sp³-hybridized carbons (Fsp3) is 1.00. The Morgan fingerprint density at radius 2 is 1.40 bits per heavy atom. The van der Waals surface area contributed by atoms with Crippen LogP contribution in [0.15, 0.2) is 0 Å². The molecule has 0 rings (SSSR count). The van der Waals surface area contributed by atoms with Crippen LogP contribution in [0.25, 0.3) is 0 Å². The van der Waals surface area contributed by atoms with E-state index in [-0.39, 0.29) is 59.9 Å². The van der Waals surface area contributed by atoms with E-state index in [2.05, 4.69) is 6.92 Å². The van der Waals surface area contributed by atoms with Gasteiger partial charge in [-0.2, -0.15) is 0 Å². The number of aliphatic hydroxyl groups excluding tert-OH is 1. The van der Waals surface area contributed by atoms with Crippen LogP contribution in [-0.4, -0.2) is 28.1 Å². The molecule has 4 nitrogen and oxygen atoms in total. The molecule has 0 fully saturated rings. The van der Waals surface area contributed by atoms with Crippen LogP contribution < -0.4 is 0 Å². The van der Waals surface area contributed by atoms with Gasteiger partial charge in [0.15, 0.2) is 0 Å². The topological polar surface area (TPSA) is 110 Å². The van der Waals surface area contributed by atoms with E-state index in [1.54, 1.807) is 0 Å². The second kappa shape index (κ2) is 48.4. The van der Waals surface area contributed by atoms with Crippen LogP contribution in [0.4, 0.5) is 0 Å². The molecular weight excluding hydrogens is 208 g/mol. The largest absolute Gasteiger partial charge is 2.00 e. The summed E-state index contributed by atoms with van der Waals surface area (Å²) in [5.41, 5.74) is 0. The molecule has 0 bridgehead atoms. The molecule has 0 spiro atoms. The van der Waals surface area contributed by atoms with Crippen LogP contribution in [-0.2, 0) is 43.4 Å². The standard InChI is InChI=1S/C4H10O.3H2O.2Ti/c1-2-3-4-5;;;;;/h5H,2-4H2,1H3;3*1H2;;/q;;;;;+2/p-3. The molecule has 0 aliphatic rings. The van der Waals surface area contributed by atoms with Crippen LogP contribution in [0, 0.1) is 0 Å². The van der Waals surface area contributed by atoms with Crippen molar-refractivity contribution in [1.82, 2.24) is 0 Å². The molecule has 0 aromatic rings. The molecule has 10 heavy (non-hydrogen) atoms. The molecule has 0 aliphatic carbocycles. The molecule has 0 atom stereocenters. The molecule has 62 valence electrons. The zero-order valence-electron chi connectivity index (χ0n) is 5.91. The van der Waals surface area contributed by atoms with Crippen molar-refractivity contribution in [2.45, 2.75) is 19.8 Å². The van der Waals surface area contributed by atoms with Crippen LogP contribution in [0.5, 0.6) is 0 Å². The first-order valence-electron chi connectivity index (χ1n) is 2.02. The van der Waals surface area contributed by atoms with Gasteiger partial charge in [-0.25, -0.2) is 0 Å². The first-order chi connectivity index (χ1) is 2.41. The molecule has 0 unspecified atom stereocenters. The van der Waals surface area contributed by atoms with E-state index in [1.165, 1.54) is 0 Å². The second-order valence-corrected chi connectivity index (χ2v) is 1.08. The van der Waals surface area contributed by atoms with Crippen molar-refractivity contribution >= 4 is 0 Å². The zero-order valence-corrected chi connectivity index (χ0v) is 9.03. The molecule has 6 heteroatoms. The summed E-state index contributed by atoms with van der Waals surface area (Å²) in [7, 11) is 0. The van der Waals surface area contributed by atoms with E-state index in [1.807, 2.05) is 0 Å². The Morgan fingerprint density at radius 1 is 1.10 bits per heavy atom. The molecule has 4 N–H and O–H groups in total.